The summed E-state index contributed by atoms with van der Waals surface area (Å²) in [7, 11) is 0. The topological polar surface area (TPSA) is 35.5 Å². The molecule has 0 atom stereocenters. The normalized spacial score (nSPS) is 11.2. The highest BCUT2D eigenvalue weighted by atomic mass is 19.1. The number of halogens is 3. The molecule has 100 valence electrons. The number of carbonyl (C=O) groups is 1. The zero-order chi connectivity index (χ0) is 13.9. The van der Waals surface area contributed by atoms with E-state index < -0.39 is 35.0 Å². The lowest BCUT2D eigenvalue weighted by atomic mass is 10.1. The molecule has 1 aromatic carbocycles. The molecule has 0 aliphatic rings. The van der Waals surface area contributed by atoms with Crippen LogP contribution in [-0.2, 0) is 4.74 Å². The highest BCUT2D eigenvalue weighted by Gasteiger charge is 2.24. The van der Waals surface area contributed by atoms with E-state index in [2.05, 4.69) is 4.74 Å². The van der Waals surface area contributed by atoms with E-state index in [1.165, 1.54) is 0 Å². The van der Waals surface area contributed by atoms with Crippen LogP contribution >= 0.6 is 0 Å². The van der Waals surface area contributed by atoms with Gasteiger partial charge in [-0.05, 0) is 20.3 Å². The van der Waals surface area contributed by atoms with Crippen molar-refractivity contribution in [2.24, 2.45) is 0 Å². The Hall–Kier alpha value is -1.72. The monoisotopic (exact) mass is 262 g/mol. The van der Waals surface area contributed by atoms with Crippen molar-refractivity contribution in [1.82, 2.24) is 0 Å². The van der Waals surface area contributed by atoms with Gasteiger partial charge in [0.05, 0.1) is 0 Å². The molecule has 0 aliphatic carbocycles. The van der Waals surface area contributed by atoms with Crippen LogP contribution in [0.15, 0.2) is 12.1 Å². The van der Waals surface area contributed by atoms with Gasteiger partial charge in [-0.2, -0.15) is 0 Å². The summed E-state index contributed by atoms with van der Waals surface area (Å²) in [6.07, 6.45) is -0.748. The Morgan fingerprint density at radius 3 is 2.17 bits per heavy atom. The summed E-state index contributed by atoms with van der Waals surface area (Å²) >= 11 is 0. The molecule has 0 amide bonds. The summed E-state index contributed by atoms with van der Waals surface area (Å²) in [5, 5.41) is 0. The largest absolute Gasteiger partial charge is 0.514 e. The molecule has 0 heterocycles. The Balaban J connectivity index is 2.83. The Kier molecular flexibility index (Phi) is 4.21. The van der Waals surface area contributed by atoms with E-state index >= 15 is 0 Å². The molecule has 3 nitrogen and oxygen atoms in total. The minimum atomic E-state index is -1.31. The van der Waals surface area contributed by atoms with Crippen molar-refractivity contribution in [1.29, 1.82) is 0 Å². The molecule has 6 heteroatoms. The van der Waals surface area contributed by atoms with Crippen molar-refractivity contribution in [3.63, 3.8) is 0 Å². The van der Waals surface area contributed by atoms with Gasteiger partial charge < -0.3 is 9.47 Å². The molecule has 18 heavy (non-hydrogen) atoms. The fourth-order valence-corrected chi connectivity index (χ4v) is 1.03. The van der Waals surface area contributed by atoms with Crippen molar-refractivity contribution in [2.75, 3.05) is 0 Å². The first kappa shape index (κ1) is 14.3. The van der Waals surface area contributed by atoms with Gasteiger partial charge in [0.1, 0.15) is 11.4 Å². The van der Waals surface area contributed by atoms with Crippen LogP contribution in [0.1, 0.15) is 27.2 Å². The van der Waals surface area contributed by atoms with Gasteiger partial charge in [-0.3, -0.25) is 0 Å². The number of hydrogen-bond acceptors (Lipinski definition) is 3. The third-order valence-corrected chi connectivity index (χ3v) is 2.36. The summed E-state index contributed by atoms with van der Waals surface area (Å²) in [6, 6.07) is 0.827. The second-order valence-electron chi connectivity index (χ2n) is 4.27. The van der Waals surface area contributed by atoms with Gasteiger partial charge in [-0.25, -0.2) is 18.0 Å². The van der Waals surface area contributed by atoms with Gasteiger partial charge in [0, 0.05) is 12.1 Å². The van der Waals surface area contributed by atoms with E-state index in [1.54, 1.807) is 20.8 Å². The van der Waals surface area contributed by atoms with E-state index in [1.807, 2.05) is 0 Å². The molecule has 0 radical (unpaired) electrons. The van der Waals surface area contributed by atoms with E-state index in [9.17, 15) is 18.0 Å². The second-order valence-corrected chi connectivity index (χ2v) is 4.27. The van der Waals surface area contributed by atoms with Gasteiger partial charge in [0.15, 0.2) is 11.6 Å². The van der Waals surface area contributed by atoms with Gasteiger partial charge >= 0.3 is 6.16 Å². The van der Waals surface area contributed by atoms with Crippen LogP contribution in [0.3, 0.4) is 0 Å². The lowest BCUT2D eigenvalue weighted by Gasteiger charge is -2.22. The maximum absolute atomic E-state index is 13.2. The van der Waals surface area contributed by atoms with Crippen LogP contribution in [0.4, 0.5) is 18.0 Å². The van der Waals surface area contributed by atoms with Crippen molar-refractivity contribution in [3.05, 3.63) is 29.6 Å². The molecule has 0 saturated heterocycles. The van der Waals surface area contributed by atoms with Gasteiger partial charge in [-0.15, -0.1) is 0 Å². The van der Waals surface area contributed by atoms with E-state index in [-0.39, 0.29) is 0 Å². The number of ether oxygens (including phenoxy) is 2. The third-order valence-electron chi connectivity index (χ3n) is 2.36. The lowest BCUT2D eigenvalue weighted by molar-refractivity contribution is 0.00556. The fraction of sp³-hybridized carbons (Fsp3) is 0.417. The fourth-order valence-electron chi connectivity index (χ4n) is 1.03. The number of carbonyl (C=O) groups excluding carboxylic acids is 1. The summed E-state index contributed by atoms with van der Waals surface area (Å²) in [6.45, 7) is 5.00. The smallest absolute Gasteiger partial charge is 0.428 e. The zero-order valence-corrected chi connectivity index (χ0v) is 10.2. The molecule has 0 unspecified atom stereocenters. The first-order valence-electron chi connectivity index (χ1n) is 5.30. The molecule has 0 spiro atoms. The average Bonchev–Trinajstić information content (AvgIpc) is 2.22. The van der Waals surface area contributed by atoms with E-state index in [0.29, 0.717) is 18.6 Å². The molecule has 0 aromatic heterocycles. The molecule has 0 fully saturated rings. The highest BCUT2D eigenvalue weighted by molar-refractivity contribution is 5.64. The summed E-state index contributed by atoms with van der Waals surface area (Å²) in [5.41, 5.74) is -0.815. The van der Waals surface area contributed by atoms with Crippen LogP contribution in [0, 0.1) is 17.5 Å². The van der Waals surface area contributed by atoms with Crippen LogP contribution in [0.5, 0.6) is 5.75 Å². The predicted molar refractivity (Wildman–Crippen MR) is 57.8 cm³/mol. The molecule has 0 N–H and O–H groups in total. The summed E-state index contributed by atoms with van der Waals surface area (Å²) in [5.74, 6) is -4.69. The van der Waals surface area contributed by atoms with Gasteiger partial charge in [-0.1, -0.05) is 6.92 Å². The van der Waals surface area contributed by atoms with Crippen molar-refractivity contribution >= 4 is 6.16 Å². The van der Waals surface area contributed by atoms with Crippen molar-refractivity contribution in [2.45, 2.75) is 32.8 Å². The van der Waals surface area contributed by atoms with Crippen LogP contribution in [0.25, 0.3) is 0 Å². The van der Waals surface area contributed by atoms with Crippen molar-refractivity contribution < 1.29 is 27.4 Å². The Bertz CT molecular complexity index is 435. The highest BCUT2D eigenvalue weighted by Crippen LogP contribution is 2.24. The first-order chi connectivity index (χ1) is 8.25. The molecular formula is C12H13F3O3. The summed E-state index contributed by atoms with van der Waals surface area (Å²) < 4.78 is 48.2. The maximum atomic E-state index is 13.2. The second kappa shape index (κ2) is 5.29. The number of hydrogen-bond donors (Lipinski definition) is 0. The minimum absolute atomic E-state index is 0.413. The number of benzene rings is 1. The number of rotatable bonds is 3. The molecule has 1 rings (SSSR count). The first-order valence-corrected chi connectivity index (χ1v) is 5.30. The summed E-state index contributed by atoms with van der Waals surface area (Å²) in [4.78, 5) is 11.3. The lowest BCUT2D eigenvalue weighted by Crippen LogP contribution is -2.29. The SMILES string of the molecule is CCC(C)(C)OC(=O)Oc1c(F)cc(F)cc1F. The minimum Gasteiger partial charge on any atom is -0.428 e. The Morgan fingerprint density at radius 1 is 1.22 bits per heavy atom. The maximum Gasteiger partial charge on any atom is 0.514 e. The molecule has 0 bridgehead atoms. The van der Waals surface area contributed by atoms with Gasteiger partial charge in [0.25, 0.3) is 0 Å². The predicted octanol–water partition coefficient (Wildman–Crippen LogP) is 3.81. The van der Waals surface area contributed by atoms with Crippen LogP contribution < -0.4 is 4.74 Å². The van der Waals surface area contributed by atoms with Gasteiger partial charge in [0.2, 0.25) is 5.75 Å². The Morgan fingerprint density at radius 2 is 1.72 bits per heavy atom. The third kappa shape index (κ3) is 3.65. The van der Waals surface area contributed by atoms with Crippen molar-refractivity contribution in [3.8, 4) is 5.75 Å². The van der Waals surface area contributed by atoms with E-state index in [0.717, 1.165) is 0 Å². The van der Waals surface area contributed by atoms with E-state index in [4.69, 9.17) is 4.74 Å². The molecule has 1 aromatic rings. The Labute approximate surface area is 103 Å². The molecule has 0 saturated carbocycles. The molecule has 0 aliphatic heterocycles. The quantitative estimate of drug-likeness (QED) is 0.613. The van der Waals surface area contributed by atoms with Crippen LogP contribution in [-0.4, -0.2) is 11.8 Å². The average molecular weight is 262 g/mol. The standard InChI is InChI=1S/C12H13F3O3/c1-4-12(2,3)18-11(16)17-10-8(14)5-7(13)6-9(10)15/h5-6H,4H2,1-3H3. The van der Waals surface area contributed by atoms with Crippen LogP contribution in [0.2, 0.25) is 0 Å². The molecular weight excluding hydrogens is 249 g/mol. The zero-order valence-electron chi connectivity index (χ0n) is 10.2.